The highest BCUT2D eigenvalue weighted by molar-refractivity contribution is 6.32. The molecule has 1 heterocycles. The number of hydrogen-bond acceptors (Lipinski definition) is 4. The lowest BCUT2D eigenvalue weighted by atomic mass is 10.1. The van der Waals surface area contributed by atoms with Crippen molar-refractivity contribution in [3.8, 4) is 11.5 Å². The van der Waals surface area contributed by atoms with Gasteiger partial charge in [-0.05, 0) is 42.7 Å². The van der Waals surface area contributed by atoms with Crippen LogP contribution in [0, 0.1) is 12.8 Å². The minimum Gasteiger partial charge on any atom is -0.493 e. The zero-order valence-corrected chi connectivity index (χ0v) is 15.0. The Morgan fingerprint density at radius 2 is 2.08 bits per heavy atom. The average Bonchev–Trinajstić information content (AvgIpc) is 2.52. The maximum atomic E-state index is 12.4. The van der Waals surface area contributed by atoms with E-state index in [0.717, 1.165) is 5.56 Å². The van der Waals surface area contributed by atoms with Crippen LogP contribution in [0.5, 0.6) is 11.5 Å². The number of nitrogens with one attached hydrogen (secondary N) is 1. The van der Waals surface area contributed by atoms with Crippen LogP contribution in [-0.4, -0.2) is 24.6 Å². The zero-order chi connectivity index (χ0) is 17.7. The molecular formula is C18H21ClN2O3. The highest BCUT2D eigenvalue weighted by atomic mass is 35.5. The van der Waals surface area contributed by atoms with Gasteiger partial charge in [0.15, 0.2) is 11.5 Å². The van der Waals surface area contributed by atoms with Crippen molar-refractivity contribution in [3.63, 3.8) is 0 Å². The molecule has 0 saturated carbocycles. The van der Waals surface area contributed by atoms with Crippen molar-refractivity contribution in [1.29, 1.82) is 0 Å². The number of aromatic nitrogens is 1. The Morgan fingerprint density at radius 1 is 1.33 bits per heavy atom. The molecule has 0 aliphatic heterocycles. The third-order valence-corrected chi connectivity index (χ3v) is 3.49. The van der Waals surface area contributed by atoms with Crippen molar-refractivity contribution < 1.29 is 14.3 Å². The van der Waals surface area contributed by atoms with Crippen LogP contribution in [0.4, 0.5) is 5.82 Å². The summed E-state index contributed by atoms with van der Waals surface area (Å²) in [4.78, 5) is 16.5. The summed E-state index contributed by atoms with van der Waals surface area (Å²) in [5.41, 5.74) is 1.38. The van der Waals surface area contributed by atoms with E-state index in [1.54, 1.807) is 24.4 Å². The maximum Gasteiger partial charge on any atom is 0.257 e. The van der Waals surface area contributed by atoms with Gasteiger partial charge in [0.25, 0.3) is 5.91 Å². The number of anilines is 1. The first-order valence-electron chi connectivity index (χ1n) is 7.65. The summed E-state index contributed by atoms with van der Waals surface area (Å²) in [5, 5.41) is 3.07. The summed E-state index contributed by atoms with van der Waals surface area (Å²) >= 11 is 6.27. The molecule has 5 nitrogen and oxygen atoms in total. The Hall–Kier alpha value is -2.27. The molecule has 6 heteroatoms. The fourth-order valence-electron chi connectivity index (χ4n) is 2.03. The number of rotatable bonds is 6. The van der Waals surface area contributed by atoms with Crippen molar-refractivity contribution >= 4 is 23.3 Å². The molecule has 0 atom stereocenters. The quantitative estimate of drug-likeness (QED) is 0.843. The first kappa shape index (κ1) is 18.1. The van der Waals surface area contributed by atoms with E-state index in [2.05, 4.69) is 10.3 Å². The van der Waals surface area contributed by atoms with Crippen LogP contribution in [0.3, 0.4) is 0 Å². The number of nitrogens with zero attached hydrogens (tertiary/aromatic N) is 1. The van der Waals surface area contributed by atoms with Crippen LogP contribution in [0.1, 0.15) is 29.8 Å². The molecule has 1 aromatic carbocycles. The molecule has 0 bridgehead atoms. The molecule has 24 heavy (non-hydrogen) atoms. The van der Waals surface area contributed by atoms with Crippen LogP contribution in [0.15, 0.2) is 30.5 Å². The second-order valence-electron chi connectivity index (χ2n) is 5.87. The fraction of sp³-hybridized carbons (Fsp3) is 0.333. The van der Waals surface area contributed by atoms with Gasteiger partial charge in [0.2, 0.25) is 0 Å². The number of benzene rings is 1. The van der Waals surface area contributed by atoms with Gasteiger partial charge < -0.3 is 14.8 Å². The van der Waals surface area contributed by atoms with Crippen molar-refractivity contribution in [2.45, 2.75) is 20.8 Å². The lowest BCUT2D eigenvalue weighted by Crippen LogP contribution is -2.14. The van der Waals surface area contributed by atoms with Gasteiger partial charge >= 0.3 is 0 Å². The second kappa shape index (κ2) is 8.02. The van der Waals surface area contributed by atoms with Gasteiger partial charge in [-0.15, -0.1) is 0 Å². The average molecular weight is 349 g/mol. The van der Waals surface area contributed by atoms with E-state index in [4.69, 9.17) is 21.1 Å². The predicted octanol–water partition coefficient (Wildman–Crippen LogP) is 4.34. The summed E-state index contributed by atoms with van der Waals surface area (Å²) in [6.45, 7) is 6.51. The lowest BCUT2D eigenvalue weighted by Gasteiger charge is -2.15. The monoisotopic (exact) mass is 348 g/mol. The van der Waals surface area contributed by atoms with Gasteiger partial charge in [0.05, 0.1) is 18.7 Å². The molecule has 1 N–H and O–H groups in total. The van der Waals surface area contributed by atoms with Crippen LogP contribution in [0.2, 0.25) is 5.02 Å². The molecule has 0 fully saturated rings. The number of aryl methyl sites for hydroxylation is 1. The highest BCUT2D eigenvalue weighted by Gasteiger charge is 2.17. The Balaban J connectivity index is 2.24. The van der Waals surface area contributed by atoms with Gasteiger partial charge in [-0.25, -0.2) is 4.98 Å². The second-order valence-corrected chi connectivity index (χ2v) is 6.27. The van der Waals surface area contributed by atoms with E-state index in [9.17, 15) is 4.79 Å². The summed E-state index contributed by atoms with van der Waals surface area (Å²) in [6.07, 6.45) is 1.64. The van der Waals surface area contributed by atoms with E-state index in [1.807, 2.05) is 26.8 Å². The van der Waals surface area contributed by atoms with Crippen molar-refractivity contribution in [3.05, 3.63) is 46.6 Å². The van der Waals surface area contributed by atoms with Crippen LogP contribution in [-0.2, 0) is 0 Å². The van der Waals surface area contributed by atoms with Crippen molar-refractivity contribution in [2.75, 3.05) is 19.0 Å². The Labute approximate surface area is 147 Å². The molecule has 0 unspecified atom stereocenters. The Kier molecular flexibility index (Phi) is 6.04. The molecule has 128 valence electrons. The molecule has 1 aromatic heterocycles. The molecule has 2 aromatic rings. The third-order valence-electron chi connectivity index (χ3n) is 3.21. The maximum absolute atomic E-state index is 12.4. The third kappa shape index (κ3) is 4.61. The Bertz CT molecular complexity index is 732. The molecule has 1 amide bonds. The number of carbonyl (C=O) groups is 1. The van der Waals surface area contributed by atoms with Crippen molar-refractivity contribution in [1.82, 2.24) is 4.98 Å². The molecular weight excluding hydrogens is 328 g/mol. The first-order chi connectivity index (χ1) is 11.4. The minimum absolute atomic E-state index is 0.316. The summed E-state index contributed by atoms with van der Waals surface area (Å²) in [6, 6.07) is 6.81. The standard InChI is InChI=1S/C18H21ClN2O3/c1-11(2)10-24-17-14(19)8-13(9-15(17)23-4)18(22)21-16-7-12(3)5-6-20-16/h5-9,11H,10H2,1-4H3,(H,20,21,22). The molecule has 0 spiro atoms. The number of ether oxygens (including phenoxy) is 2. The molecule has 2 rings (SSSR count). The smallest absolute Gasteiger partial charge is 0.257 e. The summed E-state index contributed by atoms with van der Waals surface area (Å²) < 4.78 is 11.0. The number of amides is 1. The number of pyridine rings is 1. The first-order valence-corrected chi connectivity index (χ1v) is 8.03. The van der Waals surface area contributed by atoms with Crippen LogP contribution >= 0.6 is 11.6 Å². The number of methoxy groups -OCH3 is 1. The van der Waals surface area contributed by atoms with Crippen LogP contribution in [0.25, 0.3) is 0 Å². The molecule has 0 radical (unpaired) electrons. The van der Waals surface area contributed by atoms with Gasteiger partial charge in [0, 0.05) is 11.8 Å². The Morgan fingerprint density at radius 3 is 2.71 bits per heavy atom. The molecule has 0 saturated heterocycles. The lowest BCUT2D eigenvalue weighted by molar-refractivity contribution is 0.102. The van der Waals surface area contributed by atoms with E-state index in [1.165, 1.54) is 7.11 Å². The van der Waals surface area contributed by atoms with Gasteiger partial charge in [0.1, 0.15) is 5.82 Å². The normalized spacial score (nSPS) is 10.6. The summed E-state index contributed by atoms with van der Waals surface area (Å²) in [5.74, 6) is 1.38. The van der Waals surface area contributed by atoms with E-state index in [0.29, 0.717) is 40.4 Å². The number of halogens is 1. The van der Waals surface area contributed by atoms with E-state index < -0.39 is 0 Å². The highest BCUT2D eigenvalue weighted by Crippen LogP contribution is 2.36. The topological polar surface area (TPSA) is 60.5 Å². The number of hydrogen-bond donors (Lipinski definition) is 1. The minimum atomic E-state index is -0.316. The zero-order valence-electron chi connectivity index (χ0n) is 14.2. The predicted molar refractivity (Wildman–Crippen MR) is 95.3 cm³/mol. The SMILES string of the molecule is COc1cc(C(=O)Nc2cc(C)ccn2)cc(Cl)c1OCC(C)C. The molecule has 0 aliphatic rings. The van der Waals surface area contributed by atoms with E-state index in [-0.39, 0.29) is 5.91 Å². The van der Waals surface area contributed by atoms with Gasteiger partial charge in [-0.3, -0.25) is 4.79 Å². The van der Waals surface area contributed by atoms with Gasteiger partial charge in [-0.2, -0.15) is 0 Å². The largest absolute Gasteiger partial charge is 0.493 e. The van der Waals surface area contributed by atoms with E-state index >= 15 is 0 Å². The number of carbonyl (C=O) groups excluding carboxylic acids is 1. The van der Waals surface area contributed by atoms with Crippen molar-refractivity contribution in [2.24, 2.45) is 5.92 Å². The van der Waals surface area contributed by atoms with Crippen LogP contribution < -0.4 is 14.8 Å². The van der Waals surface area contributed by atoms with Gasteiger partial charge in [-0.1, -0.05) is 25.4 Å². The summed E-state index contributed by atoms with van der Waals surface area (Å²) in [7, 11) is 1.51. The fourth-order valence-corrected chi connectivity index (χ4v) is 2.30. The molecule has 0 aliphatic carbocycles.